The van der Waals surface area contributed by atoms with E-state index in [-0.39, 0.29) is 11.4 Å². The van der Waals surface area contributed by atoms with Crippen molar-refractivity contribution in [1.29, 1.82) is 0 Å². The number of ether oxygens (including phenoxy) is 1. The zero-order chi connectivity index (χ0) is 19.6. The average molecular weight is 411 g/mol. The summed E-state index contributed by atoms with van der Waals surface area (Å²) in [5.74, 6) is 0.370. The van der Waals surface area contributed by atoms with Crippen LogP contribution in [0.3, 0.4) is 0 Å². The van der Waals surface area contributed by atoms with Crippen molar-refractivity contribution in [2.24, 2.45) is 16.0 Å². The molecule has 0 saturated heterocycles. The fraction of sp³-hybridized carbons (Fsp3) is 0.125. The van der Waals surface area contributed by atoms with Gasteiger partial charge in [-0.1, -0.05) is 18.2 Å². The Morgan fingerprint density at radius 3 is 2.56 bits per heavy atom. The summed E-state index contributed by atoms with van der Waals surface area (Å²) in [6, 6.07) is 9.88. The molecule has 0 aliphatic heterocycles. The summed E-state index contributed by atoms with van der Waals surface area (Å²) in [6.45, 7) is 0. The van der Waals surface area contributed by atoms with E-state index in [0.717, 1.165) is 0 Å². The molecule has 2 N–H and O–H groups in total. The molecular weight excluding hydrogens is 399 g/mol. The zero-order valence-electron chi connectivity index (χ0n) is 13.8. The number of thiocarbonyl (C=S) groups is 1. The van der Waals surface area contributed by atoms with Crippen molar-refractivity contribution in [2.45, 2.75) is 6.18 Å². The number of azo groups is 1. The van der Waals surface area contributed by atoms with Crippen LogP contribution in [0.1, 0.15) is 5.69 Å². The minimum atomic E-state index is -4.79. The van der Waals surface area contributed by atoms with Crippen LogP contribution in [-0.4, -0.2) is 22.0 Å². The molecular formula is C16H12F3N5OS2. The number of alkyl halides is 3. The van der Waals surface area contributed by atoms with Crippen molar-refractivity contribution >= 4 is 40.0 Å². The fourth-order valence-electron chi connectivity index (χ4n) is 2.31. The molecule has 0 aliphatic rings. The van der Waals surface area contributed by atoms with Crippen molar-refractivity contribution in [3.05, 3.63) is 47.5 Å². The summed E-state index contributed by atoms with van der Waals surface area (Å²) < 4.78 is 46.7. The molecule has 0 aliphatic carbocycles. The predicted octanol–water partition coefficient (Wildman–Crippen LogP) is 5.15. The first-order valence-corrected chi connectivity index (χ1v) is 8.70. The van der Waals surface area contributed by atoms with Gasteiger partial charge >= 0.3 is 6.18 Å². The lowest BCUT2D eigenvalue weighted by Gasteiger charge is -2.09. The Morgan fingerprint density at radius 2 is 1.96 bits per heavy atom. The van der Waals surface area contributed by atoms with Crippen LogP contribution < -0.4 is 10.5 Å². The summed E-state index contributed by atoms with van der Waals surface area (Å²) in [7, 11) is 1.43. The maximum Gasteiger partial charge on any atom is 0.435 e. The third-order valence-electron chi connectivity index (χ3n) is 3.44. The van der Waals surface area contributed by atoms with Crippen LogP contribution in [0.25, 0.3) is 10.6 Å². The monoisotopic (exact) mass is 411 g/mol. The molecule has 1 aromatic carbocycles. The Hall–Kier alpha value is -2.79. The number of halogens is 3. The zero-order valence-corrected chi connectivity index (χ0v) is 15.4. The molecule has 0 saturated carbocycles. The molecule has 0 radical (unpaired) electrons. The summed E-state index contributed by atoms with van der Waals surface area (Å²) in [6.07, 6.45) is -4.79. The van der Waals surface area contributed by atoms with E-state index in [0.29, 0.717) is 15.3 Å². The van der Waals surface area contributed by atoms with E-state index in [4.69, 9.17) is 22.7 Å². The van der Waals surface area contributed by atoms with Crippen LogP contribution in [0.4, 0.5) is 24.5 Å². The standard InChI is InChI=1S/C16H12F3N5OS2/c1-25-10-6-3-2-5-9(10)21-22-13-12(11-7-4-8-27-11)23-24(15(20)26)14(13)16(17,18)19/h2-8H,1H3,(H2,20,26). The first-order valence-electron chi connectivity index (χ1n) is 7.41. The number of methoxy groups -OCH3 is 1. The molecule has 0 bridgehead atoms. The normalized spacial score (nSPS) is 11.9. The third kappa shape index (κ3) is 3.83. The van der Waals surface area contributed by atoms with Gasteiger partial charge in [-0.25, -0.2) is 0 Å². The van der Waals surface area contributed by atoms with Gasteiger partial charge in [0.05, 0.1) is 12.0 Å². The molecule has 11 heteroatoms. The first-order chi connectivity index (χ1) is 12.8. The minimum Gasteiger partial charge on any atom is -0.494 e. The number of nitrogens with two attached hydrogens (primary N) is 1. The second kappa shape index (κ2) is 7.45. The molecule has 0 unspecified atom stereocenters. The molecule has 3 aromatic rings. The molecule has 140 valence electrons. The number of hydrogen-bond donors (Lipinski definition) is 1. The van der Waals surface area contributed by atoms with Gasteiger partial charge in [-0.05, 0) is 35.8 Å². The van der Waals surface area contributed by atoms with Crippen LogP contribution in [0.2, 0.25) is 0 Å². The van der Waals surface area contributed by atoms with E-state index in [2.05, 4.69) is 15.3 Å². The van der Waals surface area contributed by atoms with Crippen LogP contribution in [0.15, 0.2) is 52.0 Å². The van der Waals surface area contributed by atoms with Gasteiger partial charge in [0.1, 0.15) is 22.8 Å². The van der Waals surface area contributed by atoms with Gasteiger partial charge in [-0.2, -0.15) is 23.0 Å². The molecule has 3 rings (SSSR count). The van der Waals surface area contributed by atoms with E-state index in [1.165, 1.54) is 18.4 Å². The smallest absolute Gasteiger partial charge is 0.435 e. The molecule has 2 heterocycles. The third-order valence-corrected chi connectivity index (χ3v) is 4.48. The molecule has 2 aromatic heterocycles. The topological polar surface area (TPSA) is 77.8 Å². The number of aromatic nitrogens is 2. The van der Waals surface area contributed by atoms with Gasteiger partial charge in [0, 0.05) is 0 Å². The van der Waals surface area contributed by atoms with Crippen LogP contribution in [-0.2, 0) is 6.18 Å². The largest absolute Gasteiger partial charge is 0.494 e. The summed E-state index contributed by atoms with van der Waals surface area (Å²) in [4.78, 5) is 0.476. The Labute approximate surface area is 161 Å². The van der Waals surface area contributed by atoms with Gasteiger partial charge in [0.2, 0.25) is 0 Å². The van der Waals surface area contributed by atoms with Crippen LogP contribution >= 0.6 is 23.6 Å². The quantitative estimate of drug-likeness (QED) is 0.476. The van der Waals surface area contributed by atoms with E-state index >= 15 is 0 Å². The van der Waals surface area contributed by atoms with Gasteiger partial charge in [-0.3, -0.25) is 0 Å². The lowest BCUT2D eigenvalue weighted by molar-refractivity contribution is -0.141. The van der Waals surface area contributed by atoms with Crippen molar-refractivity contribution in [3.8, 4) is 16.3 Å². The van der Waals surface area contributed by atoms with E-state index in [9.17, 15) is 13.2 Å². The predicted molar refractivity (Wildman–Crippen MR) is 99.9 cm³/mol. The SMILES string of the molecule is COc1ccccc1N=Nc1c(-c2cccs2)nn(C(N)=S)c1C(F)(F)F. The Kier molecular flexibility index (Phi) is 5.24. The van der Waals surface area contributed by atoms with E-state index < -0.39 is 22.7 Å². The number of benzene rings is 1. The molecule has 0 amide bonds. The number of rotatable bonds is 4. The highest BCUT2D eigenvalue weighted by molar-refractivity contribution is 7.80. The van der Waals surface area contributed by atoms with Crippen molar-refractivity contribution < 1.29 is 17.9 Å². The van der Waals surface area contributed by atoms with Crippen LogP contribution in [0.5, 0.6) is 5.75 Å². The van der Waals surface area contributed by atoms with Crippen molar-refractivity contribution in [3.63, 3.8) is 0 Å². The average Bonchev–Trinajstić information content (AvgIpc) is 3.26. The summed E-state index contributed by atoms with van der Waals surface area (Å²) >= 11 is 5.94. The molecule has 6 nitrogen and oxygen atoms in total. The molecule has 0 atom stereocenters. The highest BCUT2D eigenvalue weighted by Gasteiger charge is 2.41. The van der Waals surface area contributed by atoms with Crippen LogP contribution in [0, 0.1) is 0 Å². The first kappa shape index (κ1) is 19.0. The van der Waals surface area contributed by atoms with Gasteiger partial charge < -0.3 is 10.5 Å². The molecule has 0 spiro atoms. The van der Waals surface area contributed by atoms with Gasteiger partial charge in [-0.15, -0.1) is 21.6 Å². The van der Waals surface area contributed by atoms with Crippen molar-refractivity contribution in [1.82, 2.24) is 9.78 Å². The highest BCUT2D eigenvalue weighted by atomic mass is 32.1. The lowest BCUT2D eigenvalue weighted by Crippen LogP contribution is -2.26. The number of hydrogen-bond acceptors (Lipinski definition) is 6. The number of thiophene rings is 1. The van der Waals surface area contributed by atoms with Gasteiger partial charge in [0.15, 0.2) is 10.8 Å². The summed E-state index contributed by atoms with van der Waals surface area (Å²) in [5.41, 5.74) is 4.05. The fourth-order valence-corrected chi connectivity index (χ4v) is 3.16. The van der Waals surface area contributed by atoms with Crippen molar-refractivity contribution in [2.75, 3.05) is 7.11 Å². The second-order valence-corrected chi connectivity index (χ2v) is 6.51. The van der Waals surface area contributed by atoms with E-state index in [1.54, 1.807) is 41.8 Å². The molecule has 27 heavy (non-hydrogen) atoms. The lowest BCUT2D eigenvalue weighted by atomic mass is 10.2. The minimum absolute atomic E-state index is 0.0104. The highest BCUT2D eigenvalue weighted by Crippen LogP contribution is 2.44. The summed E-state index contributed by atoms with van der Waals surface area (Å²) in [5, 5.41) is 12.9. The maximum absolute atomic E-state index is 13.7. The Balaban J connectivity index is 2.23. The Bertz CT molecular complexity index is 996. The molecule has 0 fully saturated rings. The van der Waals surface area contributed by atoms with E-state index in [1.807, 2.05) is 0 Å². The second-order valence-electron chi connectivity index (χ2n) is 5.14. The number of nitrogens with zero attached hydrogens (tertiary/aromatic N) is 4. The van der Waals surface area contributed by atoms with Gasteiger partial charge in [0.25, 0.3) is 0 Å². The maximum atomic E-state index is 13.7. The number of para-hydroxylation sites is 1. The Morgan fingerprint density at radius 1 is 1.22 bits per heavy atom.